The molecule has 0 bridgehead atoms. The second-order valence-corrected chi connectivity index (χ2v) is 20.0. The van der Waals surface area contributed by atoms with Gasteiger partial charge in [-0.25, -0.2) is 5.26 Å². The molecule has 402 valence electrons. The number of unbranched alkanes of at least 4 members (excludes halogenated alkanes) is 22. The number of carbonyl (C=O) groups is 2. The van der Waals surface area contributed by atoms with E-state index in [9.17, 15) is 40.2 Å². The molecule has 0 radical (unpaired) electrons. The van der Waals surface area contributed by atoms with Crippen molar-refractivity contribution < 1.29 is 82.7 Å². The first-order valence-corrected chi connectivity index (χ1v) is 27.1. The lowest BCUT2D eigenvalue weighted by atomic mass is 9.84. The molecule has 68 heavy (non-hydrogen) atoms. The van der Waals surface area contributed by atoms with E-state index in [-0.39, 0.29) is 37.0 Å². The van der Waals surface area contributed by atoms with E-state index >= 15 is 0 Å². The van der Waals surface area contributed by atoms with Crippen LogP contribution in [0.1, 0.15) is 208 Å². The molecule has 0 aliphatic carbocycles. The zero-order valence-corrected chi connectivity index (χ0v) is 43.0. The highest BCUT2D eigenvalue weighted by Gasteiger charge is 2.54. The Balaban J connectivity index is 2.11. The Morgan fingerprint density at radius 1 is 0.574 bits per heavy atom. The zero-order chi connectivity index (χ0) is 50.1. The summed E-state index contributed by atoms with van der Waals surface area (Å²) in [6, 6.07) is 0. The largest absolute Gasteiger partial charge is 0.455 e. The third-order valence-electron chi connectivity index (χ3n) is 13.7. The van der Waals surface area contributed by atoms with Gasteiger partial charge in [-0.2, -0.15) is 0 Å². The Morgan fingerprint density at radius 3 is 1.51 bits per heavy atom. The maximum Gasteiger partial charge on any atom is 0.309 e. The molecule has 0 saturated carbocycles. The number of hydrogen-bond acceptors (Lipinski definition) is 18. The molecule has 2 saturated heterocycles. The summed E-state index contributed by atoms with van der Waals surface area (Å²) < 4.78 is 39.1. The van der Waals surface area contributed by atoms with E-state index in [1.165, 1.54) is 109 Å². The van der Waals surface area contributed by atoms with Crippen LogP contribution in [0.3, 0.4) is 0 Å². The minimum atomic E-state index is -1.78. The number of aliphatic hydroxyl groups is 6. The highest BCUT2D eigenvalue weighted by molar-refractivity contribution is 7.89. The maximum absolute atomic E-state index is 13.9. The van der Waals surface area contributed by atoms with Gasteiger partial charge in [0.15, 0.2) is 36.9 Å². The minimum Gasteiger partial charge on any atom is -0.455 e. The lowest BCUT2D eigenvalue weighted by Crippen LogP contribution is -2.65. The first kappa shape index (κ1) is 62.9. The summed E-state index contributed by atoms with van der Waals surface area (Å²) in [5, 5.41) is 76.7. The predicted octanol–water partition coefficient (Wildman–Crippen LogP) is 8.56. The lowest BCUT2D eigenvalue weighted by Gasteiger charge is -2.46. The number of ether oxygens (including phenoxy) is 5. The van der Waals surface area contributed by atoms with Crippen molar-refractivity contribution in [3.63, 3.8) is 0 Å². The molecule has 2 heterocycles. The van der Waals surface area contributed by atoms with Crippen LogP contribution in [-0.4, -0.2) is 129 Å². The van der Waals surface area contributed by atoms with Gasteiger partial charge in [0.2, 0.25) is 6.29 Å². The number of carbonyl (C=O) groups excluding carboxylic acids is 2. The summed E-state index contributed by atoms with van der Waals surface area (Å²) >= 11 is 0.0505. The molecule has 0 aromatic carbocycles. The fourth-order valence-corrected chi connectivity index (χ4v) is 9.64. The average Bonchev–Trinajstić information content (AvgIpc) is 3.32. The molecule has 2 aliphatic heterocycles. The van der Waals surface area contributed by atoms with Crippen molar-refractivity contribution in [2.24, 2.45) is 17.8 Å². The molecule has 17 nitrogen and oxygen atoms in total. The average molecular weight is 999 g/mol. The molecule has 14 unspecified atom stereocenters. The van der Waals surface area contributed by atoms with Gasteiger partial charge in [0.1, 0.15) is 30.5 Å². The molecule has 0 aromatic heterocycles. The van der Waals surface area contributed by atoms with Gasteiger partial charge in [0, 0.05) is 6.42 Å². The van der Waals surface area contributed by atoms with E-state index < -0.39 is 98.6 Å². The smallest absolute Gasteiger partial charge is 0.309 e. The maximum atomic E-state index is 13.9. The molecule has 0 amide bonds. The third-order valence-corrected chi connectivity index (χ3v) is 14.1. The van der Waals surface area contributed by atoms with Crippen LogP contribution in [0.5, 0.6) is 0 Å². The Morgan fingerprint density at radius 2 is 1.03 bits per heavy atom. The number of esters is 2. The van der Waals surface area contributed by atoms with Crippen LogP contribution in [0, 0.1) is 17.8 Å². The van der Waals surface area contributed by atoms with Gasteiger partial charge in [-0.1, -0.05) is 187 Å². The molecular weight excluding hydrogens is 905 g/mol. The highest BCUT2D eigenvalue weighted by Crippen LogP contribution is 2.34. The normalized spacial score (nSPS) is 27.1. The van der Waals surface area contributed by atoms with Gasteiger partial charge in [-0.15, -0.1) is 4.33 Å². The van der Waals surface area contributed by atoms with Crippen molar-refractivity contribution in [3.05, 3.63) is 0 Å². The van der Waals surface area contributed by atoms with Crippen LogP contribution in [0.2, 0.25) is 0 Å². The number of hydrogen-bond donors (Lipinski definition) is 7. The van der Waals surface area contributed by atoms with Crippen LogP contribution in [0.15, 0.2) is 0 Å². The Hall–Kier alpha value is -1.23. The van der Waals surface area contributed by atoms with E-state index in [4.69, 9.17) is 33.1 Å². The fourth-order valence-electron chi connectivity index (χ4n) is 9.29. The van der Waals surface area contributed by atoms with Crippen molar-refractivity contribution in [2.45, 2.75) is 275 Å². The Bertz CT molecular complexity index is 1250. The fraction of sp³-hybridized carbons (Fsp3) is 0.960. The van der Waals surface area contributed by atoms with E-state index in [0.29, 0.717) is 6.42 Å². The molecule has 0 aromatic rings. The molecule has 2 rings (SSSR count). The molecular formula is C50H94O17S. The van der Waals surface area contributed by atoms with E-state index in [1.54, 1.807) is 6.92 Å². The van der Waals surface area contributed by atoms with Crippen molar-refractivity contribution >= 4 is 24.3 Å². The summed E-state index contributed by atoms with van der Waals surface area (Å²) in [5.74, 6) is -2.51. The van der Waals surface area contributed by atoms with Crippen LogP contribution in [0.4, 0.5) is 0 Å². The summed E-state index contributed by atoms with van der Waals surface area (Å²) in [4.78, 5) is 27.4. The molecule has 18 heteroatoms. The van der Waals surface area contributed by atoms with Crippen LogP contribution in [-0.2, 0) is 46.8 Å². The Kier molecular flexibility index (Phi) is 35.5. The highest BCUT2D eigenvalue weighted by atomic mass is 32.2. The van der Waals surface area contributed by atoms with Crippen molar-refractivity contribution in [1.29, 1.82) is 0 Å². The molecule has 2 aliphatic rings. The van der Waals surface area contributed by atoms with Gasteiger partial charge in [-0.05, 0) is 31.1 Å². The lowest BCUT2D eigenvalue weighted by molar-refractivity contribution is -0.435. The zero-order valence-electron chi connectivity index (χ0n) is 42.2. The van der Waals surface area contributed by atoms with E-state index in [0.717, 1.165) is 44.9 Å². The van der Waals surface area contributed by atoms with Gasteiger partial charge in [0.25, 0.3) is 0 Å². The van der Waals surface area contributed by atoms with Gasteiger partial charge >= 0.3 is 11.9 Å². The third kappa shape index (κ3) is 24.5. The number of rotatable bonds is 41. The monoisotopic (exact) mass is 999 g/mol. The summed E-state index contributed by atoms with van der Waals surface area (Å²) in [6.45, 7) is 8.45. The quantitative estimate of drug-likeness (QED) is 0.00996. The van der Waals surface area contributed by atoms with Crippen LogP contribution >= 0.6 is 12.3 Å². The van der Waals surface area contributed by atoms with Crippen molar-refractivity contribution in [3.8, 4) is 0 Å². The SMILES string of the molecule is CCCCCCCCCCCCCCCC(=O)OC1C(OC2OC(CO)C(O)C(O)C2OSOOO)OC(CO)C(O)C1OC(=O)C(C)CC(C)C(O)C(C)CCCCCCCCCCCCC. The van der Waals surface area contributed by atoms with E-state index in [2.05, 4.69) is 23.2 Å². The summed E-state index contributed by atoms with van der Waals surface area (Å²) in [6.07, 6.45) is 12.1. The van der Waals surface area contributed by atoms with Crippen molar-refractivity contribution in [2.75, 3.05) is 13.2 Å². The standard InChI is InChI=1S/C50H94O17S/c1-6-8-10-12-14-16-18-19-21-23-25-27-29-31-40(53)62-47-45(43(56)39(34-52)61-50(47)64-49-46(65-68-67-66-59)44(57)42(55)38(33-51)60-49)63-48(58)37(5)32-36(4)41(54)35(3)30-28-26-24-22-20-17-15-13-11-9-7-2/h35-39,41-47,49-52,54-57,59H,6-34H2,1-5H3. The van der Waals surface area contributed by atoms with Crippen molar-refractivity contribution in [1.82, 2.24) is 0 Å². The van der Waals surface area contributed by atoms with Crippen LogP contribution < -0.4 is 0 Å². The number of aliphatic hydroxyl groups excluding tert-OH is 6. The second kappa shape index (κ2) is 38.4. The summed E-state index contributed by atoms with van der Waals surface area (Å²) in [7, 11) is 0. The first-order chi connectivity index (χ1) is 32.8. The minimum absolute atomic E-state index is 0.00650. The van der Waals surface area contributed by atoms with Gasteiger partial charge in [0.05, 0.1) is 25.2 Å². The molecule has 7 N–H and O–H groups in total. The van der Waals surface area contributed by atoms with E-state index in [1.807, 2.05) is 13.8 Å². The first-order valence-electron chi connectivity index (χ1n) is 26.4. The van der Waals surface area contributed by atoms with Gasteiger partial charge < -0.3 is 54.3 Å². The molecule has 2 fully saturated rings. The summed E-state index contributed by atoms with van der Waals surface area (Å²) in [5.41, 5.74) is 0. The molecule has 14 atom stereocenters. The van der Waals surface area contributed by atoms with Crippen LogP contribution in [0.25, 0.3) is 0 Å². The van der Waals surface area contributed by atoms with Gasteiger partial charge in [-0.3, -0.25) is 13.8 Å². The second-order valence-electron chi connectivity index (χ2n) is 19.6. The molecule has 0 spiro atoms. The predicted molar refractivity (Wildman–Crippen MR) is 257 cm³/mol. The Labute approximate surface area is 412 Å². The topological polar surface area (TPSA) is 250 Å².